The van der Waals surface area contributed by atoms with Gasteiger partial charge in [0.2, 0.25) is 0 Å². The topological polar surface area (TPSA) is 79.2 Å². The maximum atomic E-state index is 12.3. The zero-order chi connectivity index (χ0) is 17.6. The van der Waals surface area contributed by atoms with E-state index in [-0.39, 0.29) is 12.6 Å². The summed E-state index contributed by atoms with van der Waals surface area (Å²) in [5.41, 5.74) is -0.558. The fraction of sp³-hybridized carbons (Fsp3) is 0.778. The summed E-state index contributed by atoms with van der Waals surface area (Å²) >= 11 is 0. The number of hydrogen-bond acceptors (Lipinski definition) is 3. The number of carbonyl (C=O) groups is 1. The molecular formula is C18H32N4O2. The second-order valence-corrected chi connectivity index (χ2v) is 7.61. The minimum Gasteiger partial charge on any atom is -0.394 e. The van der Waals surface area contributed by atoms with E-state index >= 15 is 0 Å². The predicted molar refractivity (Wildman–Crippen MR) is 94.5 cm³/mol. The van der Waals surface area contributed by atoms with Crippen molar-refractivity contribution in [1.82, 2.24) is 20.2 Å². The highest BCUT2D eigenvalue weighted by atomic mass is 16.3. The number of carbonyl (C=O) groups excluding carboxylic acids is 1. The third-order valence-electron chi connectivity index (χ3n) is 5.00. The third kappa shape index (κ3) is 4.97. The molecule has 1 saturated carbocycles. The van der Waals surface area contributed by atoms with Crippen molar-refractivity contribution in [2.75, 3.05) is 6.61 Å². The molecule has 3 N–H and O–H groups in total. The molecule has 1 aromatic rings. The average molecular weight is 336 g/mol. The number of nitrogens with zero attached hydrogens (tertiary/aromatic N) is 2. The fourth-order valence-corrected chi connectivity index (χ4v) is 3.54. The van der Waals surface area contributed by atoms with Gasteiger partial charge in [-0.3, -0.25) is 0 Å². The van der Waals surface area contributed by atoms with Gasteiger partial charge in [-0.2, -0.15) is 0 Å². The van der Waals surface area contributed by atoms with E-state index in [1.54, 1.807) is 6.20 Å². The monoisotopic (exact) mass is 336 g/mol. The van der Waals surface area contributed by atoms with E-state index in [0.29, 0.717) is 18.4 Å². The van der Waals surface area contributed by atoms with E-state index in [9.17, 15) is 9.90 Å². The number of nitrogens with one attached hydrogen (secondary N) is 2. The Balaban J connectivity index is 1.88. The van der Waals surface area contributed by atoms with Crippen LogP contribution in [0.4, 0.5) is 4.79 Å². The van der Waals surface area contributed by atoms with E-state index < -0.39 is 5.54 Å². The molecular weight excluding hydrogens is 304 g/mol. The first-order valence-corrected chi connectivity index (χ1v) is 9.11. The van der Waals surface area contributed by atoms with Gasteiger partial charge in [0, 0.05) is 18.9 Å². The van der Waals surface area contributed by atoms with Crippen molar-refractivity contribution in [1.29, 1.82) is 0 Å². The highest BCUT2D eigenvalue weighted by molar-refractivity contribution is 5.74. The summed E-state index contributed by atoms with van der Waals surface area (Å²) in [5.74, 6) is 1.71. The number of rotatable bonds is 7. The van der Waals surface area contributed by atoms with Crippen molar-refractivity contribution < 1.29 is 9.90 Å². The zero-order valence-corrected chi connectivity index (χ0v) is 15.2. The van der Waals surface area contributed by atoms with Crippen LogP contribution in [-0.2, 0) is 13.1 Å². The molecule has 0 spiro atoms. The summed E-state index contributed by atoms with van der Waals surface area (Å²) in [4.78, 5) is 16.6. The maximum Gasteiger partial charge on any atom is 0.315 e. The average Bonchev–Trinajstić information content (AvgIpc) is 3.00. The molecule has 0 saturated heterocycles. The molecule has 6 nitrogen and oxygen atoms in total. The maximum absolute atomic E-state index is 12.3. The molecule has 24 heavy (non-hydrogen) atoms. The van der Waals surface area contributed by atoms with Crippen LogP contribution < -0.4 is 10.6 Å². The first kappa shape index (κ1) is 18.8. The molecule has 1 atom stereocenters. The molecule has 1 aromatic heterocycles. The fourth-order valence-electron chi connectivity index (χ4n) is 3.54. The van der Waals surface area contributed by atoms with Crippen LogP contribution in [0.25, 0.3) is 0 Å². The third-order valence-corrected chi connectivity index (χ3v) is 5.00. The number of aromatic nitrogens is 2. The SMILES string of the molecule is CC(C)Cn1ccnc1CNC(=O)N[C@](C)(CO)C1CCCCC1. The predicted octanol–water partition coefficient (Wildman–Crippen LogP) is 2.67. The van der Waals surface area contributed by atoms with Crippen LogP contribution in [-0.4, -0.2) is 32.8 Å². The first-order valence-electron chi connectivity index (χ1n) is 9.11. The quantitative estimate of drug-likeness (QED) is 0.716. The van der Waals surface area contributed by atoms with Gasteiger partial charge in [0.05, 0.1) is 18.7 Å². The zero-order valence-electron chi connectivity index (χ0n) is 15.2. The molecule has 6 heteroatoms. The highest BCUT2D eigenvalue weighted by Crippen LogP contribution is 2.32. The summed E-state index contributed by atoms with van der Waals surface area (Å²) in [5, 5.41) is 15.7. The van der Waals surface area contributed by atoms with Crippen LogP contribution in [0, 0.1) is 11.8 Å². The van der Waals surface area contributed by atoms with Crippen LogP contribution in [0.15, 0.2) is 12.4 Å². The van der Waals surface area contributed by atoms with E-state index in [4.69, 9.17) is 0 Å². The second kappa shape index (κ2) is 8.51. The largest absolute Gasteiger partial charge is 0.394 e. The molecule has 136 valence electrons. The first-order chi connectivity index (χ1) is 11.4. The molecule has 1 fully saturated rings. The highest BCUT2D eigenvalue weighted by Gasteiger charge is 2.35. The lowest BCUT2D eigenvalue weighted by atomic mass is 9.76. The summed E-state index contributed by atoms with van der Waals surface area (Å²) in [6, 6.07) is -0.240. The van der Waals surface area contributed by atoms with Gasteiger partial charge >= 0.3 is 6.03 Å². The molecule has 2 amide bonds. The summed E-state index contributed by atoms with van der Waals surface area (Å²) < 4.78 is 2.07. The van der Waals surface area contributed by atoms with Gasteiger partial charge in [-0.05, 0) is 31.6 Å². The van der Waals surface area contributed by atoms with E-state index in [1.807, 2.05) is 13.1 Å². The van der Waals surface area contributed by atoms with Crippen LogP contribution in [0.5, 0.6) is 0 Å². The second-order valence-electron chi connectivity index (χ2n) is 7.61. The summed E-state index contributed by atoms with van der Waals surface area (Å²) in [7, 11) is 0. The number of amides is 2. The lowest BCUT2D eigenvalue weighted by Gasteiger charge is -2.39. The Hall–Kier alpha value is -1.56. The van der Waals surface area contributed by atoms with E-state index in [1.165, 1.54) is 19.3 Å². The molecule has 1 aliphatic rings. The Bertz CT molecular complexity index is 523. The molecule has 0 radical (unpaired) electrons. The van der Waals surface area contributed by atoms with Crippen molar-refractivity contribution in [2.24, 2.45) is 11.8 Å². The van der Waals surface area contributed by atoms with Crippen molar-refractivity contribution in [2.45, 2.75) is 71.5 Å². The van der Waals surface area contributed by atoms with Gasteiger partial charge in [-0.15, -0.1) is 0 Å². The molecule has 0 unspecified atom stereocenters. The Morgan fingerprint density at radius 1 is 1.42 bits per heavy atom. The smallest absolute Gasteiger partial charge is 0.315 e. The van der Waals surface area contributed by atoms with Gasteiger partial charge in [0.15, 0.2) is 0 Å². The summed E-state index contributed by atoms with van der Waals surface area (Å²) in [6.45, 7) is 7.49. The lowest BCUT2D eigenvalue weighted by Crippen LogP contribution is -2.57. The Morgan fingerprint density at radius 3 is 2.75 bits per heavy atom. The number of imidazole rings is 1. The standard InChI is InChI=1S/C18H32N4O2/c1-14(2)12-22-10-9-19-16(22)11-20-17(24)21-18(3,13-23)15-7-5-4-6-8-15/h9-10,14-15,23H,4-8,11-13H2,1-3H3,(H2,20,21,24)/t18-/m1/s1. The van der Waals surface area contributed by atoms with Crippen LogP contribution in [0.3, 0.4) is 0 Å². The van der Waals surface area contributed by atoms with E-state index in [0.717, 1.165) is 25.2 Å². The Labute approximate surface area is 145 Å². The number of urea groups is 1. The lowest BCUT2D eigenvalue weighted by molar-refractivity contribution is 0.101. The normalized spacial score (nSPS) is 18.4. The molecule has 1 heterocycles. The van der Waals surface area contributed by atoms with Crippen molar-refractivity contribution in [3.63, 3.8) is 0 Å². The van der Waals surface area contributed by atoms with Crippen molar-refractivity contribution in [3.8, 4) is 0 Å². The minimum absolute atomic E-state index is 0.0347. The number of hydrogen-bond donors (Lipinski definition) is 3. The number of aliphatic hydroxyl groups is 1. The minimum atomic E-state index is -0.558. The van der Waals surface area contributed by atoms with Crippen LogP contribution >= 0.6 is 0 Å². The van der Waals surface area contributed by atoms with Gasteiger partial charge in [-0.25, -0.2) is 9.78 Å². The number of aliphatic hydroxyl groups excluding tert-OH is 1. The molecule has 0 bridgehead atoms. The van der Waals surface area contributed by atoms with Crippen LogP contribution in [0.2, 0.25) is 0 Å². The summed E-state index contributed by atoms with van der Waals surface area (Å²) in [6.07, 6.45) is 9.44. The van der Waals surface area contributed by atoms with E-state index in [2.05, 4.69) is 34.0 Å². The van der Waals surface area contributed by atoms with Gasteiger partial charge < -0.3 is 20.3 Å². The van der Waals surface area contributed by atoms with Gasteiger partial charge in [0.25, 0.3) is 0 Å². The molecule has 1 aliphatic carbocycles. The van der Waals surface area contributed by atoms with Crippen molar-refractivity contribution >= 4 is 6.03 Å². The van der Waals surface area contributed by atoms with Gasteiger partial charge in [-0.1, -0.05) is 33.1 Å². The van der Waals surface area contributed by atoms with Crippen LogP contribution in [0.1, 0.15) is 58.7 Å². The van der Waals surface area contributed by atoms with Gasteiger partial charge in [0.1, 0.15) is 5.82 Å². The molecule has 0 aromatic carbocycles. The van der Waals surface area contributed by atoms with Crippen molar-refractivity contribution in [3.05, 3.63) is 18.2 Å². The molecule has 0 aliphatic heterocycles. The Morgan fingerprint density at radius 2 is 2.12 bits per heavy atom. The molecule has 2 rings (SSSR count). The Kier molecular flexibility index (Phi) is 6.66.